The Balaban J connectivity index is 1.71. The van der Waals surface area contributed by atoms with Crippen LogP contribution in [-0.2, 0) is 0 Å². The van der Waals surface area contributed by atoms with Crippen molar-refractivity contribution in [3.8, 4) is 17.0 Å². The van der Waals surface area contributed by atoms with Gasteiger partial charge in [-0.15, -0.1) is 11.3 Å². The van der Waals surface area contributed by atoms with Gasteiger partial charge in [0.1, 0.15) is 17.2 Å². The molecule has 1 aromatic carbocycles. The van der Waals surface area contributed by atoms with Crippen LogP contribution in [-0.4, -0.2) is 53.6 Å². The van der Waals surface area contributed by atoms with Crippen LogP contribution in [0.2, 0.25) is 10.0 Å². The van der Waals surface area contributed by atoms with Crippen LogP contribution >= 0.6 is 34.5 Å². The smallest absolute Gasteiger partial charge is 0.261 e. The molecule has 3 N–H and O–H groups in total. The van der Waals surface area contributed by atoms with Crippen molar-refractivity contribution >= 4 is 56.6 Å². The molecule has 0 saturated carbocycles. The molecule has 0 radical (unpaired) electrons. The van der Waals surface area contributed by atoms with Crippen molar-refractivity contribution in [2.75, 3.05) is 32.5 Å². The number of ether oxygens (including phenoxy) is 1. The number of nitrogens with zero attached hydrogens (tertiary/aromatic N) is 3. The van der Waals surface area contributed by atoms with Crippen molar-refractivity contribution in [3.05, 3.63) is 33.1 Å². The zero-order valence-corrected chi connectivity index (χ0v) is 20.3. The van der Waals surface area contributed by atoms with Crippen LogP contribution in [0.5, 0.6) is 5.75 Å². The lowest BCUT2D eigenvalue weighted by Crippen LogP contribution is -2.40. The van der Waals surface area contributed by atoms with Gasteiger partial charge in [0, 0.05) is 23.5 Å². The third kappa shape index (κ3) is 4.78. The van der Waals surface area contributed by atoms with Crippen molar-refractivity contribution in [1.82, 2.24) is 20.2 Å². The van der Waals surface area contributed by atoms with E-state index in [1.165, 1.54) is 24.2 Å². The maximum absolute atomic E-state index is 12.3. The molecule has 3 aromatic rings. The van der Waals surface area contributed by atoms with Gasteiger partial charge in [-0.3, -0.25) is 4.79 Å². The summed E-state index contributed by atoms with van der Waals surface area (Å²) in [5.41, 5.74) is 7.14. The highest BCUT2D eigenvalue weighted by Gasteiger charge is 2.22. The lowest BCUT2D eigenvalue weighted by Gasteiger charge is -2.32. The normalized spacial score (nSPS) is 16.9. The Morgan fingerprint density at radius 2 is 2.09 bits per heavy atom. The second-order valence-electron chi connectivity index (χ2n) is 7.82. The first-order valence-electron chi connectivity index (χ1n) is 10.5. The van der Waals surface area contributed by atoms with E-state index in [0.29, 0.717) is 61.3 Å². The number of likely N-dealkylation sites (N-methyl/N-ethyl adjacent to an activating group) is 1. The number of hydrogen-bond donors (Lipinski definition) is 2. The number of amides is 1. The number of rotatable bonds is 6. The molecule has 1 fully saturated rings. The van der Waals surface area contributed by atoms with Gasteiger partial charge in [0.2, 0.25) is 5.95 Å². The number of hydrogen-bond acceptors (Lipinski definition) is 7. The van der Waals surface area contributed by atoms with E-state index in [0.717, 1.165) is 13.0 Å². The summed E-state index contributed by atoms with van der Waals surface area (Å²) in [4.78, 5) is 24.5. The van der Waals surface area contributed by atoms with Crippen LogP contribution in [0.15, 0.2) is 18.2 Å². The van der Waals surface area contributed by atoms with E-state index >= 15 is 0 Å². The lowest BCUT2D eigenvalue weighted by atomic mass is 10.0. The Labute approximate surface area is 200 Å². The van der Waals surface area contributed by atoms with Gasteiger partial charge in [-0.2, -0.15) is 0 Å². The number of fused-ring (bicyclic) bond motifs is 1. The number of benzene rings is 1. The monoisotopic (exact) mass is 493 g/mol. The van der Waals surface area contributed by atoms with Gasteiger partial charge in [-0.05, 0) is 51.6 Å². The summed E-state index contributed by atoms with van der Waals surface area (Å²) in [7, 11) is 2.12. The topological polar surface area (TPSA) is 93.4 Å². The van der Waals surface area contributed by atoms with E-state index < -0.39 is 0 Å². The number of likely N-dealkylation sites (tertiary alicyclic amines) is 1. The van der Waals surface area contributed by atoms with Crippen LogP contribution in [0.3, 0.4) is 0 Å². The number of carbonyl (C=O) groups is 1. The summed E-state index contributed by atoms with van der Waals surface area (Å²) in [6.45, 7) is 4.01. The van der Waals surface area contributed by atoms with Crippen LogP contribution in [0.1, 0.15) is 35.9 Å². The lowest BCUT2D eigenvalue weighted by molar-refractivity contribution is 0.0960. The van der Waals surface area contributed by atoms with Crippen molar-refractivity contribution in [1.29, 1.82) is 0 Å². The van der Waals surface area contributed by atoms with Gasteiger partial charge < -0.3 is 20.7 Å². The fraction of sp³-hybridized carbons (Fsp3) is 0.409. The maximum Gasteiger partial charge on any atom is 0.261 e. The van der Waals surface area contributed by atoms with Crippen molar-refractivity contribution < 1.29 is 9.53 Å². The highest BCUT2D eigenvalue weighted by Crippen LogP contribution is 2.40. The minimum Gasteiger partial charge on any atom is -0.490 e. The first kappa shape index (κ1) is 23.0. The highest BCUT2D eigenvalue weighted by molar-refractivity contribution is 7.20. The first-order chi connectivity index (χ1) is 15.4. The Bertz CT molecular complexity index is 1150. The van der Waals surface area contributed by atoms with Gasteiger partial charge in [-0.25, -0.2) is 9.97 Å². The van der Waals surface area contributed by atoms with Gasteiger partial charge in [0.25, 0.3) is 5.91 Å². The number of carbonyl (C=O) groups excluding carboxylic acids is 1. The van der Waals surface area contributed by atoms with E-state index in [-0.39, 0.29) is 11.9 Å². The molecule has 1 saturated heterocycles. The third-order valence-electron chi connectivity index (χ3n) is 5.60. The largest absolute Gasteiger partial charge is 0.490 e. The van der Waals surface area contributed by atoms with E-state index in [9.17, 15) is 4.79 Å². The van der Waals surface area contributed by atoms with E-state index in [1.54, 1.807) is 18.2 Å². The number of anilines is 1. The van der Waals surface area contributed by atoms with E-state index in [1.807, 2.05) is 6.92 Å². The molecule has 1 aliphatic rings. The summed E-state index contributed by atoms with van der Waals surface area (Å²) in [5.74, 6) is 0.478. The fourth-order valence-corrected chi connectivity index (χ4v) is 5.35. The number of thiophene rings is 1. The predicted octanol–water partition coefficient (Wildman–Crippen LogP) is 4.86. The van der Waals surface area contributed by atoms with E-state index in [4.69, 9.17) is 33.7 Å². The number of halogens is 2. The van der Waals surface area contributed by atoms with Crippen molar-refractivity contribution in [2.24, 2.45) is 0 Å². The zero-order chi connectivity index (χ0) is 22.8. The quantitative estimate of drug-likeness (QED) is 0.509. The Morgan fingerprint density at radius 1 is 1.28 bits per heavy atom. The molecule has 4 rings (SSSR count). The fourth-order valence-electron chi connectivity index (χ4n) is 3.86. The highest BCUT2D eigenvalue weighted by atomic mass is 35.5. The Kier molecular flexibility index (Phi) is 7.05. The molecule has 1 amide bonds. The molecule has 170 valence electrons. The summed E-state index contributed by atoms with van der Waals surface area (Å²) < 4.78 is 6.11. The van der Waals surface area contributed by atoms with Crippen molar-refractivity contribution in [3.63, 3.8) is 0 Å². The molecular formula is C22H25Cl2N5O2S. The van der Waals surface area contributed by atoms with Crippen molar-refractivity contribution in [2.45, 2.75) is 32.2 Å². The summed E-state index contributed by atoms with van der Waals surface area (Å²) in [6.07, 6.45) is 3.50. The molecule has 1 atom stereocenters. The standard InChI is InChI=1S/C22H25Cl2N5O2S/c1-3-26-20(30)18-9-14-19(27-22(25)28-21(14)32-18)13-8-17(16(24)10-15(13)23)31-11-12-6-4-5-7-29(12)2/h8-10,12H,3-7,11H2,1-2H3,(H,26,30)(H2,25,27,28). The molecule has 0 aliphatic carbocycles. The van der Waals surface area contributed by atoms with Gasteiger partial charge in [-0.1, -0.05) is 29.6 Å². The zero-order valence-electron chi connectivity index (χ0n) is 18.0. The molecule has 0 spiro atoms. The molecule has 1 unspecified atom stereocenters. The number of nitrogen functional groups attached to an aromatic ring is 1. The number of aromatic nitrogens is 2. The maximum atomic E-state index is 12.3. The molecule has 2 aromatic heterocycles. The minimum absolute atomic E-state index is 0.106. The average molecular weight is 494 g/mol. The minimum atomic E-state index is -0.164. The van der Waals surface area contributed by atoms with Crippen LogP contribution in [0.4, 0.5) is 5.95 Å². The first-order valence-corrected chi connectivity index (χ1v) is 12.1. The molecule has 1 aliphatic heterocycles. The SMILES string of the molecule is CCNC(=O)c1cc2c(-c3cc(OCC4CCCCN4C)c(Cl)cc3Cl)nc(N)nc2s1. The third-order valence-corrected chi connectivity index (χ3v) is 7.24. The summed E-state index contributed by atoms with van der Waals surface area (Å²) in [5, 5.41) is 4.35. The molecule has 3 heterocycles. The van der Waals surface area contributed by atoms with Gasteiger partial charge in [0.05, 0.1) is 20.6 Å². The van der Waals surface area contributed by atoms with Gasteiger partial charge in [0.15, 0.2) is 0 Å². The van der Waals surface area contributed by atoms with Crippen LogP contribution in [0, 0.1) is 0 Å². The van der Waals surface area contributed by atoms with E-state index in [2.05, 4.69) is 27.2 Å². The van der Waals surface area contributed by atoms with Crippen LogP contribution < -0.4 is 15.8 Å². The predicted molar refractivity (Wildman–Crippen MR) is 131 cm³/mol. The second kappa shape index (κ2) is 9.79. The van der Waals surface area contributed by atoms with Gasteiger partial charge >= 0.3 is 0 Å². The number of piperidine rings is 1. The Hall–Kier alpha value is -2.13. The van der Waals surface area contributed by atoms with Crippen LogP contribution in [0.25, 0.3) is 21.5 Å². The summed E-state index contributed by atoms with van der Waals surface area (Å²) >= 11 is 14.3. The number of nitrogens with one attached hydrogen (secondary N) is 1. The molecular weight excluding hydrogens is 469 g/mol. The second-order valence-corrected chi connectivity index (χ2v) is 9.67. The number of nitrogens with two attached hydrogens (primary N) is 1. The molecule has 7 nitrogen and oxygen atoms in total. The molecule has 10 heteroatoms. The summed E-state index contributed by atoms with van der Waals surface area (Å²) in [6, 6.07) is 5.55. The average Bonchev–Trinajstić information content (AvgIpc) is 3.18. The molecule has 0 bridgehead atoms. The Morgan fingerprint density at radius 3 is 2.84 bits per heavy atom. The molecule has 32 heavy (non-hydrogen) atoms.